The fourth-order valence-electron chi connectivity index (χ4n) is 1.85. The second-order valence-corrected chi connectivity index (χ2v) is 9.54. The second kappa shape index (κ2) is 14.6. The summed E-state index contributed by atoms with van der Waals surface area (Å²) in [5, 5.41) is 0. The molecule has 0 rings (SSSR count). The molecule has 146 valence electrons. The van der Waals surface area contributed by atoms with Gasteiger partial charge in [-0.1, -0.05) is 0 Å². The van der Waals surface area contributed by atoms with Gasteiger partial charge in [-0.25, -0.2) is 0 Å². The molecular weight excluding hydrogens is 348 g/mol. The molecule has 0 amide bonds. The normalized spacial score (nSPS) is 12.8. The zero-order valence-electron chi connectivity index (χ0n) is 16.6. The van der Waals surface area contributed by atoms with E-state index in [2.05, 4.69) is 6.92 Å². The van der Waals surface area contributed by atoms with Crippen LogP contribution in [0.25, 0.3) is 0 Å². The minimum atomic E-state index is -3.77. The molecule has 0 atom stereocenters. The van der Waals surface area contributed by atoms with Gasteiger partial charge in [0.2, 0.25) is 0 Å². The van der Waals surface area contributed by atoms with E-state index in [1.165, 1.54) is 0 Å². The Kier molecular flexibility index (Phi) is 14.9. The zero-order chi connectivity index (χ0) is 18.4. The maximum absolute atomic E-state index is 5.97. The van der Waals surface area contributed by atoms with E-state index in [9.17, 15) is 0 Å². The first-order chi connectivity index (χ1) is 11.3. The van der Waals surface area contributed by atoms with Gasteiger partial charge in [0.25, 0.3) is 0 Å². The monoisotopic (exact) mass is 386 g/mol. The Morgan fingerprint density at radius 1 is 0.625 bits per heavy atom. The fourth-order valence-corrected chi connectivity index (χ4v) is 5.65. The molecule has 0 radical (unpaired) electrons. The third-order valence-corrected chi connectivity index (χ3v) is 7.09. The number of hydrogen-bond acceptors (Lipinski definition) is 6. The van der Waals surface area contributed by atoms with Gasteiger partial charge in [0, 0.05) is 0 Å². The first-order valence-corrected chi connectivity index (χ1v) is 11.7. The van der Waals surface area contributed by atoms with Crippen molar-refractivity contribution in [2.45, 2.75) is 79.6 Å². The summed E-state index contributed by atoms with van der Waals surface area (Å²) in [5.41, 5.74) is 0. The summed E-state index contributed by atoms with van der Waals surface area (Å²) in [5.74, 6) is 0. The van der Waals surface area contributed by atoms with Gasteiger partial charge in [0.15, 0.2) is 0 Å². The third kappa shape index (κ3) is 13.7. The van der Waals surface area contributed by atoms with Crippen molar-refractivity contribution in [2.75, 3.05) is 33.0 Å². The molecule has 24 heavy (non-hydrogen) atoms. The van der Waals surface area contributed by atoms with Crippen LogP contribution in [0.4, 0.5) is 0 Å². The van der Waals surface area contributed by atoms with Crippen LogP contribution in [0.1, 0.15) is 61.3 Å². The van der Waals surface area contributed by atoms with Crippen molar-refractivity contribution in [3.63, 3.8) is 0 Å². The van der Waals surface area contributed by atoms with E-state index in [-0.39, 0.29) is 18.3 Å². The number of ether oxygens (including phenoxy) is 2. The number of rotatable bonds is 16. The molecule has 0 bridgehead atoms. The van der Waals surface area contributed by atoms with Crippen molar-refractivity contribution in [2.24, 2.45) is 0 Å². The molecular formula is C17H38O6Ti. The predicted molar refractivity (Wildman–Crippen MR) is 91.2 cm³/mol. The second-order valence-electron chi connectivity index (χ2n) is 6.43. The van der Waals surface area contributed by atoms with Crippen molar-refractivity contribution in [1.82, 2.24) is 0 Å². The summed E-state index contributed by atoms with van der Waals surface area (Å²) in [6, 6.07) is 0. The molecule has 0 aromatic carbocycles. The Bertz CT molecular complexity index is 260. The van der Waals surface area contributed by atoms with E-state index in [4.69, 9.17) is 22.7 Å². The molecule has 0 unspecified atom stereocenters. The van der Waals surface area contributed by atoms with E-state index in [0.29, 0.717) is 26.4 Å². The first kappa shape index (κ1) is 24.5. The van der Waals surface area contributed by atoms with Crippen molar-refractivity contribution in [3.05, 3.63) is 0 Å². The summed E-state index contributed by atoms with van der Waals surface area (Å²) < 4.78 is 34.9. The van der Waals surface area contributed by atoms with Crippen molar-refractivity contribution >= 4 is 0 Å². The quantitative estimate of drug-likeness (QED) is 0.296. The Labute approximate surface area is 153 Å². The van der Waals surface area contributed by atoms with E-state index in [0.717, 1.165) is 19.4 Å². The van der Waals surface area contributed by atoms with Crippen LogP contribution < -0.4 is 0 Å². The Hall–Kier alpha value is 0.474. The van der Waals surface area contributed by atoms with E-state index in [1.54, 1.807) is 0 Å². The van der Waals surface area contributed by atoms with Crippen LogP contribution in [-0.4, -0.2) is 51.3 Å². The van der Waals surface area contributed by atoms with Crippen LogP contribution in [0.5, 0.6) is 0 Å². The molecule has 0 aliphatic carbocycles. The molecule has 0 aliphatic heterocycles. The van der Waals surface area contributed by atoms with E-state index >= 15 is 0 Å². The molecule has 0 fully saturated rings. The maximum atomic E-state index is 5.97. The van der Waals surface area contributed by atoms with Crippen LogP contribution in [0.15, 0.2) is 0 Å². The van der Waals surface area contributed by atoms with Gasteiger partial charge in [-0.15, -0.1) is 0 Å². The average Bonchev–Trinajstić information content (AvgIpc) is 2.43. The molecule has 0 spiro atoms. The van der Waals surface area contributed by atoms with Crippen molar-refractivity contribution in [1.29, 1.82) is 0 Å². The first-order valence-electron chi connectivity index (χ1n) is 9.14. The number of hydrogen-bond donors (Lipinski definition) is 0. The van der Waals surface area contributed by atoms with Gasteiger partial charge in [-0.2, -0.15) is 0 Å². The standard InChI is InChI=1S/C8H17O3.3C3H7O.Ti/c1-2-3-5-10-7-8-11-6-4-9;3*1-3(2)4;/h2-8H2,1H3;3*3H,1-2H3;/q4*-1;+4. The summed E-state index contributed by atoms with van der Waals surface area (Å²) in [6.45, 7) is 16.7. The van der Waals surface area contributed by atoms with Gasteiger partial charge >= 0.3 is 154 Å². The third-order valence-electron chi connectivity index (χ3n) is 2.66. The van der Waals surface area contributed by atoms with Crippen LogP contribution in [0.2, 0.25) is 0 Å². The van der Waals surface area contributed by atoms with Crippen molar-refractivity contribution in [3.8, 4) is 0 Å². The molecule has 0 heterocycles. The summed E-state index contributed by atoms with van der Waals surface area (Å²) in [6.07, 6.45) is 2.18. The van der Waals surface area contributed by atoms with E-state index < -0.39 is 18.1 Å². The molecule has 0 aromatic heterocycles. The van der Waals surface area contributed by atoms with Gasteiger partial charge < -0.3 is 0 Å². The van der Waals surface area contributed by atoms with Crippen LogP contribution in [-0.2, 0) is 40.9 Å². The molecule has 0 saturated carbocycles. The summed E-state index contributed by atoms with van der Waals surface area (Å²) in [4.78, 5) is 0. The molecule has 0 saturated heterocycles. The summed E-state index contributed by atoms with van der Waals surface area (Å²) >= 11 is -3.77. The Morgan fingerprint density at radius 2 is 1.04 bits per heavy atom. The molecule has 7 heteroatoms. The van der Waals surface area contributed by atoms with Gasteiger partial charge in [0.05, 0.1) is 0 Å². The summed E-state index contributed by atoms with van der Waals surface area (Å²) in [7, 11) is 0. The SMILES string of the molecule is CCCCOCCOCC[O][Ti]([O]C(C)C)([O]C(C)C)[O]C(C)C. The zero-order valence-corrected chi connectivity index (χ0v) is 18.2. The molecule has 6 nitrogen and oxygen atoms in total. The predicted octanol–water partition coefficient (Wildman–Crippen LogP) is 3.93. The van der Waals surface area contributed by atoms with Gasteiger partial charge in [-0.05, 0) is 0 Å². The molecule has 0 aromatic rings. The topological polar surface area (TPSA) is 55.4 Å². The van der Waals surface area contributed by atoms with Crippen LogP contribution in [0, 0.1) is 0 Å². The van der Waals surface area contributed by atoms with Gasteiger partial charge in [-0.3, -0.25) is 0 Å². The molecule has 0 N–H and O–H groups in total. The number of unbranched alkanes of at least 4 members (excludes halogenated alkanes) is 1. The van der Waals surface area contributed by atoms with Crippen LogP contribution >= 0.6 is 0 Å². The Balaban J connectivity index is 4.24. The molecule has 0 aliphatic rings. The van der Waals surface area contributed by atoms with E-state index in [1.807, 2.05) is 41.5 Å². The van der Waals surface area contributed by atoms with Crippen molar-refractivity contribution < 1.29 is 40.9 Å². The van der Waals surface area contributed by atoms with Gasteiger partial charge in [0.1, 0.15) is 0 Å². The average molecular weight is 386 g/mol. The van der Waals surface area contributed by atoms with Crippen LogP contribution in [0.3, 0.4) is 0 Å². The Morgan fingerprint density at radius 3 is 1.46 bits per heavy atom. The fraction of sp³-hybridized carbons (Fsp3) is 1.00. The minimum absolute atomic E-state index is 0.0182.